The SMILES string of the molecule is Cc1nc(-c2ccc(OCC(C)C)c(F)c2)sc1C(=O)O. The van der Waals surface area contributed by atoms with Crippen LogP contribution in [-0.2, 0) is 0 Å². The van der Waals surface area contributed by atoms with E-state index in [0.717, 1.165) is 11.3 Å². The number of ether oxygens (including phenoxy) is 1. The number of nitrogens with zero attached hydrogens (tertiary/aromatic N) is 1. The zero-order valence-corrected chi connectivity index (χ0v) is 12.8. The second-order valence-electron chi connectivity index (χ2n) is 5.09. The zero-order chi connectivity index (χ0) is 15.6. The highest BCUT2D eigenvalue weighted by Crippen LogP contribution is 2.30. The van der Waals surface area contributed by atoms with E-state index in [-0.39, 0.29) is 10.6 Å². The summed E-state index contributed by atoms with van der Waals surface area (Å²) in [6, 6.07) is 4.55. The minimum Gasteiger partial charge on any atom is -0.490 e. The minimum absolute atomic E-state index is 0.172. The number of aryl methyl sites for hydroxylation is 1. The monoisotopic (exact) mass is 309 g/mol. The van der Waals surface area contributed by atoms with Gasteiger partial charge >= 0.3 is 5.97 Å². The number of carboxylic acid groups (broad SMARTS) is 1. The number of rotatable bonds is 5. The second kappa shape index (κ2) is 6.22. The van der Waals surface area contributed by atoms with Crippen molar-refractivity contribution in [2.45, 2.75) is 20.8 Å². The lowest BCUT2D eigenvalue weighted by Gasteiger charge is -2.09. The molecule has 0 aliphatic rings. The van der Waals surface area contributed by atoms with Gasteiger partial charge in [0.05, 0.1) is 12.3 Å². The molecule has 112 valence electrons. The van der Waals surface area contributed by atoms with Crippen molar-refractivity contribution in [3.63, 3.8) is 0 Å². The van der Waals surface area contributed by atoms with Crippen LogP contribution in [0, 0.1) is 18.7 Å². The summed E-state index contributed by atoms with van der Waals surface area (Å²) in [4.78, 5) is 15.4. The molecule has 1 heterocycles. The van der Waals surface area contributed by atoms with Crippen molar-refractivity contribution in [2.75, 3.05) is 6.61 Å². The standard InChI is InChI=1S/C15H16FNO3S/c1-8(2)7-20-12-5-4-10(6-11(12)16)14-17-9(3)13(21-14)15(18)19/h4-6,8H,7H2,1-3H3,(H,18,19). The number of halogens is 1. The predicted molar refractivity (Wildman–Crippen MR) is 79.5 cm³/mol. The molecular formula is C15H16FNO3S. The quantitative estimate of drug-likeness (QED) is 0.907. The number of hydrogen-bond donors (Lipinski definition) is 1. The molecule has 0 saturated carbocycles. The van der Waals surface area contributed by atoms with Crippen molar-refractivity contribution in [1.82, 2.24) is 4.98 Å². The van der Waals surface area contributed by atoms with Gasteiger partial charge < -0.3 is 9.84 Å². The lowest BCUT2D eigenvalue weighted by Crippen LogP contribution is -2.05. The molecule has 4 nitrogen and oxygen atoms in total. The van der Waals surface area contributed by atoms with Crippen LogP contribution in [0.3, 0.4) is 0 Å². The molecule has 0 saturated heterocycles. The molecule has 0 spiro atoms. The van der Waals surface area contributed by atoms with Crippen LogP contribution in [0.25, 0.3) is 10.6 Å². The molecule has 0 atom stereocenters. The summed E-state index contributed by atoms with van der Waals surface area (Å²) in [5.74, 6) is -0.991. The molecule has 0 aliphatic carbocycles. The van der Waals surface area contributed by atoms with E-state index in [4.69, 9.17) is 9.84 Å². The Morgan fingerprint density at radius 3 is 2.71 bits per heavy atom. The van der Waals surface area contributed by atoms with Crippen LogP contribution < -0.4 is 4.74 Å². The zero-order valence-electron chi connectivity index (χ0n) is 12.0. The molecule has 0 unspecified atom stereocenters. The van der Waals surface area contributed by atoms with Gasteiger partial charge in [-0.2, -0.15) is 0 Å². The van der Waals surface area contributed by atoms with Gasteiger partial charge in [0, 0.05) is 5.56 Å². The van der Waals surface area contributed by atoms with Crippen molar-refractivity contribution >= 4 is 17.3 Å². The fourth-order valence-corrected chi connectivity index (χ4v) is 2.63. The van der Waals surface area contributed by atoms with E-state index >= 15 is 0 Å². The summed E-state index contributed by atoms with van der Waals surface area (Å²) < 4.78 is 19.4. The van der Waals surface area contributed by atoms with Gasteiger partial charge in [0.2, 0.25) is 0 Å². The van der Waals surface area contributed by atoms with E-state index in [2.05, 4.69) is 4.98 Å². The van der Waals surface area contributed by atoms with Gasteiger partial charge in [-0.3, -0.25) is 0 Å². The van der Waals surface area contributed by atoms with Crippen LogP contribution in [0.15, 0.2) is 18.2 Å². The van der Waals surface area contributed by atoms with Gasteiger partial charge in [0.15, 0.2) is 11.6 Å². The minimum atomic E-state index is -1.02. The molecule has 1 aromatic heterocycles. The summed E-state index contributed by atoms with van der Waals surface area (Å²) >= 11 is 1.04. The predicted octanol–water partition coefficient (Wildman–Crippen LogP) is 3.99. The summed E-state index contributed by atoms with van der Waals surface area (Å²) in [6.45, 7) is 6.03. The largest absolute Gasteiger partial charge is 0.490 e. The molecule has 0 aliphatic heterocycles. The fraction of sp³-hybridized carbons (Fsp3) is 0.333. The van der Waals surface area contributed by atoms with Crippen LogP contribution in [0.5, 0.6) is 5.75 Å². The summed E-state index contributed by atoms with van der Waals surface area (Å²) in [5, 5.41) is 9.51. The molecule has 0 radical (unpaired) electrons. The number of aromatic carboxylic acids is 1. The van der Waals surface area contributed by atoms with Crippen LogP contribution >= 0.6 is 11.3 Å². The van der Waals surface area contributed by atoms with E-state index in [1.165, 1.54) is 6.07 Å². The van der Waals surface area contributed by atoms with E-state index in [0.29, 0.717) is 28.8 Å². The first-order valence-electron chi connectivity index (χ1n) is 6.52. The Bertz CT molecular complexity index is 667. The maximum Gasteiger partial charge on any atom is 0.347 e. The third kappa shape index (κ3) is 3.58. The van der Waals surface area contributed by atoms with E-state index in [9.17, 15) is 9.18 Å². The third-order valence-electron chi connectivity index (χ3n) is 2.74. The first-order chi connectivity index (χ1) is 9.88. The van der Waals surface area contributed by atoms with Gasteiger partial charge in [-0.25, -0.2) is 14.2 Å². The summed E-state index contributed by atoms with van der Waals surface area (Å²) in [5.41, 5.74) is 0.980. The first kappa shape index (κ1) is 15.4. The van der Waals surface area contributed by atoms with Crippen molar-refractivity contribution in [3.8, 4) is 16.3 Å². The van der Waals surface area contributed by atoms with E-state index in [1.807, 2.05) is 13.8 Å². The lowest BCUT2D eigenvalue weighted by molar-refractivity contribution is 0.0701. The highest BCUT2D eigenvalue weighted by Gasteiger charge is 2.16. The van der Waals surface area contributed by atoms with Gasteiger partial charge in [0.1, 0.15) is 9.88 Å². The van der Waals surface area contributed by atoms with Gasteiger partial charge in [-0.1, -0.05) is 13.8 Å². The van der Waals surface area contributed by atoms with Crippen LogP contribution in [-0.4, -0.2) is 22.7 Å². The number of carboxylic acids is 1. The van der Waals surface area contributed by atoms with Gasteiger partial charge in [-0.05, 0) is 31.0 Å². The topological polar surface area (TPSA) is 59.4 Å². The normalized spacial score (nSPS) is 10.9. The molecule has 0 bridgehead atoms. The molecule has 21 heavy (non-hydrogen) atoms. The Morgan fingerprint density at radius 1 is 1.48 bits per heavy atom. The second-order valence-corrected chi connectivity index (χ2v) is 6.09. The maximum atomic E-state index is 14.0. The molecule has 0 amide bonds. The maximum absolute atomic E-state index is 14.0. The summed E-state index contributed by atoms with van der Waals surface area (Å²) in [6.07, 6.45) is 0. The van der Waals surface area contributed by atoms with Crippen molar-refractivity contribution in [1.29, 1.82) is 0 Å². The Morgan fingerprint density at radius 2 is 2.19 bits per heavy atom. The number of carbonyl (C=O) groups is 1. The Hall–Kier alpha value is -1.95. The van der Waals surface area contributed by atoms with Gasteiger partial charge in [-0.15, -0.1) is 11.3 Å². The van der Waals surface area contributed by atoms with Crippen molar-refractivity contribution in [3.05, 3.63) is 34.6 Å². The number of thiazole rings is 1. The highest BCUT2D eigenvalue weighted by molar-refractivity contribution is 7.17. The molecular weight excluding hydrogens is 293 g/mol. The van der Waals surface area contributed by atoms with Crippen LogP contribution in [0.4, 0.5) is 4.39 Å². The van der Waals surface area contributed by atoms with Crippen LogP contribution in [0.1, 0.15) is 29.2 Å². The molecule has 1 N–H and O–H groups in total. The summed E-state index contributed by atoms with van der Waals surface area (Å²) in [7, 11) is 0. The van der Waals surface area contributed by atoms with E-state index < -0.39 is 11.8 Å². The molecule has 2 aromatic rings. The lowest BCUT2D eigenvalue weighted by atomic mass is 10.2. The average molecular weight is 309 g/mol. The average Bonchev–Trinajstić information content (AvgIpc) is 2.79. The molecule has 6 heteroatoms. The number of hydrogen-bond acceptors (Lipinski definition) is 4. The third-order valence-corrected chi connectivity index (χ3v) is 3.94. The van der Waals surface area contributed by atoms with Crippen molar-refractivity contribution < 1.29 is 19.0 Å². The van der Waals surface area contributed by atoms with Crippen molar-refractivity contribution in [2.24, 2.45) is 5.92 Å². The molecule has 1 aromatic carbocycles. The molecule has 2 rings (SSSR count). The fourth-order valence-electron chi connectivity index (χ4n) is 1.73. The Labute approximate surface area is 126 Å². The molecule has 0 fully saturated rings. The highest BCUT2D eigenvalue weighted by atomic mass is 32.1. The Kier molecular flexibility index (Phi) is 4.57. The smallest absolute Gasteiger partial charge is 0.347 e. The first-order valence-corrected chi connectivity index (χ1v) is 7.33. The van der Waals surface area contributed by atoms with E-state index in [1.54, 1.807) is 19.1 Å². The Balaban J connectivity index is 2.27. The van der Waals surface area contributed by atoms with Gasteiger partial charge in [0.25, 0.3) is 0 Å². The van der Waals surface area contributed by atoms with Crippen LogP contribution in [0.2, 0.25) is 0 Å². The number of aromatic nitrogens is 1. The number of benzene rings is 1.